The Balaban J connectivity index is 2.46. The molecule has 0 N–H and O–H groups in total. The van der Waals surface area contributed by atoms with Gasteiger partial charge in [0.25, 0.3) is 0 Å². The molecule has 0 aliphatic rings. The quantitative estimate of drug-likeness (QED) is 0.696. The third-order valence-electron chi connectivity index (χ3n) is 1.86. The summed E-state index contributed by atoms with van der Waals surface area (Å²) in [6.45, 7) is 5.31. The highest BCUT2D eigenvalue weighted by Gasteiger charge is 2.03. The molecule has 2 rings (SSSR count). The van der Waals surface area contributed by atoms with E-state index in [-0.39, 0.29) is 0 Å². The largest absolute Gasteiger partial charge is 0.328 e. The fourth-order valence-electron chi connectivity index (χ4n) is 1.34. The van der Waals surface area contributed by atoms with Gasteiger partial charge in [-0.05, 0) is 5.92 Å². The average Bonchev–Trinajstić information content (AvgIpc) is 2.48. The summed E-state index contributed by atoms with van der Waals surface area (Å²) < 4.78 is 2.08. The topological polar surface area (TPSA) is 43.6 Å². The molecule has 4 heteroatoms. The molecule has 0 radical (unpaired) electrons. The minimum Gasteiger partial charge on any atom is -0.328 e. The van der Waals surface area contributed by atoms with Crippen LogP contribution in [0.3, 0.4) is 0 Å². The highest BCUT2D eigenvalue weighted by molar-refractivity contribution is 5.68. The van der Waals surface area contributed by atoms with Gasteiger partial charge in [-0.1, -0.05) is 13.8 Å². The Bertz CT molecular complexity index is 405. The molecule has 2 heterocycles. The lowest BCUT2D eigenvalue weighted by molar-refractivity contribution is 0.532. The fraction of sp³-hybridized carbons (Fsp3) is 0.444. The van der Waals surface area contributed by atoms with Crippen LogP contribution in [0.4, 0.5) is 0 Å². The van der Waals surface area contributed by atoms with Crippen LogP contribution in [-0.4, -0.2) is 19.5 Å². The summed E-state index contributed by atoms with van der Waals surface area (Å²) in [5.74, 6) is 0.609. The molecule has 0 bridgehead atoms. The highest BCUT2D eigenvalue weighted by atomic mass is 15.1. The summed E-state index contributed by atoms with van der Waals surface area (Å²) in [6, 6.07) is 0. The van der Waals surface area contributed by atoms with Crippen molar-refractivity contribution in [1.29, 1.82) is 0 Å². The van der Waals surface area contributed by atoms with Crippen molar-refractivity contribution in [2.24, 2.45) is 5.92 Å². The van der Waals surface area contributed by atoms with E-state index in [9.17, 15) is 0 Å². The summed E-state index contributed by atoms with van der Waals surface area (Å²) in [6.07, 6.45) is 5.14. The second-order valence-corrected chi connectivity index (χ2v) is 3.52. The normalized spacial score (nSPS) is 11.3. The lowest BCUT2D eigenvalue weighted by Crippen LogP contribution is -2.02. The van der Waals surface area contributed by atoms with Crippen molar-refractivity contribution >= 4 is 11.2 Å². The molecule has 0 unspecified atom stereocenters. The van der Waals surface area contributed by atoms with Crippen molar-refractivity contribution in [1.82, 2.24) is 19.5 Å². The van der Waals surface area contributed by atoms with Gasteiger partial charge >= 0.3 is 0 Å². The van der Waals surface area contributed by atoms with E-state index < -0.39 is 0 Å². The number of imidazole rings is 1. The van der Waals surface area contributed by atoms with Gasteiger partial charge in [-0.3, -0.25) is 0 Å². The van der Waals surface area contributed by atoms with E-state index in [0.29, 0.717) is 5.92 Å². The summed E-state index contributed by atoms with van der Waals surface area (Å²) in [5.41, 5.74) is 1.78. The lowest BCUT2D eigenvalue weighted by Gasteiger charge is -2.05. The van der Waals surface area contributed by atoms with E-state index in [2.05, 4.69) is 33.4 Å². The van der Waals surface area contributed by atoms with E-state index in [1.165, 1.54) is 6.33 Å². The van der Waals surface area contributed by atoms with Crippen molar-refractivity contribution in [3.05, 3.63) is 18.9 Å². The second kappa shape index (κ2) is 3.12. The number of hydrogen-bond acceptors (Lipinski definition) is 3. The Labute approximate surface area is 76.7 Å². The van der Waals surface area contributed by atoms with Gasteiger partial charge in [0.05, 0.1) is 12.5 Å². The Morgan fingerprint density at radius 3 is 3.00 bits per heavy atom. The highest BCUT2D eigenvalue weighted by Crippen LogP contribution is 2.09. The zero-order valence-corrected chi connectivity index (χ0v) is 7.81. The first-order chi connectivity index (χ1) is 6.27. The van der Waals surface area contributed by atoms with Crippen LogP contribution in [0.2, 0.25) is 0 Å². The van der Waals surface area contributed by atoms with Crippen molar-refractivity contribution in [2.75, 3.05) is 0 Å². The van der Waals surface area contributed by atoms with Gasteiger partial charge in [-0.2, -0.15) is 0 Å². The van der Waals surface area contributed by atoms with Crippen molar-refractivity contribution in [3.8, 4) is 0 Å². The zero-order chi connectivity index (χ0) is 9.26. The molecule has 0 aliphatic carbocycles. The predicted molar refractivity (Wildman–Crippen MR) is 50.2 cm³/mol. The summed E-state index contributed by atoms with van der Waals surface area (Å²) in [4.78, 5) is 12.2. The molecule has 0 aliphatic heterocycles. The molecule has 13 heavy (non-hydrogen) atoms. The number of hydrogen-bond donors (Lipinski definition) is 0. The number of rotatable bonds is 2. The van der Waals surface area contributed by atoms with Crippen molar-refractivity contribution < 1.29 is 0 Å². The first kappa shape index (κ1) is 8.16. The molecule has 0 atom stereocenters. The van der Waals surface area contributed by atoms with Gasteiger partial charge in [0.1, 0.15) is 11.8 Å². The number of nitrogens with zero attached hydrogens (tertiary/aromatic N) is 4. The average molecular weight is 176 g/mol. The van der Waals surface area contributed by atoms with Crippen LogP contribution in [0.25, 0.3) is 11.2 Å². The molecule has 68 valence electrons. The van der Waals surface area contributed by atoms with Crippen LogP contribution in [0.1, 0.15) is 13.8 Å². The smallest absolute Gasteiger partial charge is 0.180 e. The summed E-state index contributed by atoms with van der Waals surface area (Å²) in [5, 5.41) is 0. The van der Waals surface area contributed by atoms with Crippen LogP contribution in [0.15, 0.2) is 18.9 Å². The molecule has 0 saturated carbocycles. The first-order valence-corrected chi connectivity index (χ1v) is 4.38. The van der Waals surface area contributed by atoms with Crippen molar-refractivity contribution in [2.45, 2.75) is 20.4 Å². The Kier molecular flexibility index (Phi) is 1.96. The number of aromatic nitrogens is 4. The van der Waals surface area contributed by atoms with E-state index in [0.717, 1.165) is 17.7 Å². The molecule has 0 fully saturated rings. The van der Waals surface area contributed by atoms with Gasteiger partial charge in [0, 0.05) is 6.54 Å². The molecule has 0 amide bonds. The van der Waals surface area contributed by atoms with E-state index in [4.69, 9.17) is 0 Å². The van der Waals surface area contributed by atoms with Gasteiger partial charge in [0.15, 0.2) is 5.65 Å². The molecule has 0 saturated heterocycles. The molecular weight excluding hydrogens is 164 g/mol. The second-order valence-electron chi connectivity index (χ2n) is 3.52. The molecule has 2 aromatic rings. The summed E-state index contributed by atoms with van der Waals surface area (Å²) >= 11 is 0. The third kappa shape index (κ3) is 1.52. The van der Waals surface area contributed by atoms with Crippen LogP contribution in [0.5, 0.6) is 0 Å². The van der Waals surface area contributed by atoms with E-state index >= 15 is 0 Å². The van der Waals surface area contributed by atoms with Crippen LogP contribution in [0, 0.1) is 5.92 Å². The molecule has 4 nitrogen and oxygen atoms in total. The Morgan fingerprint density at radius 1 is 1.38 bits per heavy atom. The zero-order valence-electron chi connectivity index (χ0n) is 7.81. The van der Waals surface area contributed by atoms with Gasteiger partial charge in [-0.15, -0.1) is 0 Å². The fourth-order valence-corrected chi connectivity index (χ4v) is 1.34. The van der Waals surface area contributed by atoms with E-state index in [1.54, 1.807) is 6.20 Å². The van der Waals surface area contributed by atoms with Crippen LogP contribution >= 0.6 is 0 Å². The lowest BCUT2D eigenvalue weighted by atomic mass is 10.2. The SMILES string of the molecule is CC(C)Cn1cnc2ncncc21. The predicted octanol–water partition coefficient (Wildman–Crippen LogP) is 1.48. The minimum atomic E-state index is 0.609. The van der Waals surface area contributed by atoms with Gasteiger partial charge in [0.2, 0.25) is 0 Å². The molecule has 0 aromatic carbocycles. The Morgan fingerprint density at radius 2 is 2.23 bits per heavy atom. The minimum absolute atomic E-state index is 0.609. The molecular formula is C9H12N4. The summed E-state index contributed by atoms with van der Waals surface area (Å²) in [7, 11) is 0. The first-order valence-electron chi connectivity index (χ1n) is 4.38. The molecule has 2 aromatic heterocycles. The molecule has 0 spiro atoms. The van der Waals surface area contributed by atoms with Crippen LogP contribution in [-0.2, 0) is 6.54 Å². The Hall–Kier alpha value is -1.45. The van der Waals surface area contributed by atoms with E-state index in [1.807, 2.05) is 6.33 Å². The van der Waals surface area contributed by atoms with Gasteiger partial charge in [-0.25, -0.2) is 15.0 Å². The monoisotopic (exact) mass is 176 g/mol. The van der Waals surface area contributed by atoms with Crippen LogP contribution < -0.4 is 0 Å². The standard InChI is InChI=1S/C9H12N4/c1-7(2)4-13-6-12-9-8(13)3-10-5-11-9/h3,5-7H,4H2,1-2H3. The number of fused-ring (bicyclic) bond motifs is 1. The maximum atomic E-state index is 4.18. The third-order valence-corrected chi connectivity index (χ3v) is 1.86. The maximum absolute atomic E-state index is 4.18. The van der Waals surface area contributed by atoms with Gasteiger partial charge < -0.3 is 4.57 Å². The van der Waals surface area contributed by atoms with Crippen molar-refractivity contribution in [3.63, 3.8) is 0 Å². The maximum Gasteiger partial charge on any atom is 0.180 e.